The molecule has 4 nitrogen and oxygen atoms in total. The predicted molar refractivity (Wildman–Crippen MR) is 90.0 cm³/mol. The van der Waals surface area contributed by atoms with Crippen LogP contribution in [0.25, 0.3) is 0 Å². The maximum atomic E-state index is 12.7. The summed E-state index contributed by atoms with van der Waals surface area (Å²) in [6, 6.07) is 15.9. The number of aromatic carboxylic acids is 1. The molecule has 0 radical (unpaired) electrons. The summed E-state index contributed by atoms with van der Waals surface area (Å²) in [6.45, 7) is 0. The summed E-state index contributed by atoms with van der Waals surface area (Å²) in [5.41, 5.74) is 0.389. The van der Waals surface area contributed by atoms with Crippen molar-refractivity contribution in [1.82, 2.24) is 0 Å². The molecule has 3 rings (SSSR count). The zero-order chi connectivity index (χ0) is 17.0. The lowest BCUT2D eigenvalue weighted by atomic mass is 9.79. The number of esters is 1. The van der Waals surface area contributed by atoms with Gasteiger partial charge >= 0.3 is 11.9 Å². The molecule has 0 amide bonds. The molecule has 2 aromatic rings. The van der Waals surface area contributed by atoms with Crippen LogP contribution in [-0.2, 0) is 10.3 Å². The van der Waals surface area contributed by atoms with E-state index in [0.717, 1.165) is 37.7 Å². The molecule has 1 aliphatic carbocycles. The van der Waals surface area contributed by atoms with E-state index in [1.54, 1.807) is 12.1 Å². The van der Waals surface area contributed by atoms with Crippen LogP contribution < -0.4 is 0 Å². The summed E-state index contributed by atoms with van der Waals surface area (Å²) in [5.74, 6) is -1.70. The van der Waals surface area contributed by atoms with Crippen molar-refractivity contribution in [2.45, 2.75) is 37.7 Å². The molecule has 0 aromatic heterocycles. The van der Waals surface area contributed by atoms with E-state index in [-0.39, 0.29) is 11.1 Å². The zero-order valence-electron chi connectivity index (χ0n) is 13.4. The summed E-state index contributed by atoms with van der Waals surface area (Å²) in [5, 5.41) is 9.29. The summed E-state index contributed by atoms with van der Waals surface area (Å²) in [6.07, 6.45) is 4.62. The van der Waals surface area contributed by atoms with Crippen LogP contribution in [0.5, 0.6) is 0 Å². The molecule has 0 saturated heterocycles. The standard InChI is InChI=1S/C20H20O4/c21-18(22)16-11-5-6-12-17(16)19(23)24-20(13-7-2-8-14-20)15-9-3-1-4-10-15/h1,3-6,9-12H,2,7-8,13-14H2,(H,21,22). The highest BCUT2D eigenvalue weighted by molar-refractivity contribution is 6.02. The number of carbonyl (C=O) groups is 2. The largest absolute Gasteiger partial charge is 0.478 e. The molecular weight excluding hydrogens is 304 g/mol. The molecule has 0 atom stereocenters. The van der Waals surface area contributed by atoms with Crippen molar-refractivity contribution in [2.75, 3.05) is 0 Å². The van der Waals surface area contributed by atoms with E-state index in [9.17, 15) is 14.7 Å². The minimum atomic E-state index is -1.13. The monoisotopic (exact) mass is 324 g/mol. The van der Waals surface area contributed by atoms with E-state index in [4.69, 9.17) is 4.74 Å². The van der Waals surface area contributed by atoms with Gasteiger partial charge in [-0.15, -0.1) is 0 Å². The number of carboxylic acids is 1. The highest BCUT2D eigenvalue weighted by Gasteiger charge is 2.38. The normalized spacial score (nSPS) is 16.3. The fraction of sp³-hybridized carbons (Fsp3) is 0.300. The van der Waals surface area contributed by atoms with E-state index >= 15 is 0 Å². The van der Waals surface area contributed by atoms with E-state index in [2.05, 4.69) is 0 Å². The van der Waals surface area contributed by atoms with Crippen LogP contribution >= 0.6 is 0 Å². The van der Waals surface area contributed by atoms with Gasteiger partial charge in [0.15, 0.2) is 0 Å². The molecule has 24 heavy (non-hydrogen) atoms. The molecule has 4 heteroatoms. The van der Waals surface area contributed by atoms with Gasteiger partial charge in [0, 0.05) is 0 Å². The highest BCUT2D eigenvalue weighted by atomic mass is 16.6. The van der Waals surface area contributed by atoms with Crippen LogP contribution in [0.2, 0.25) is 0 Å². The SMILES string of the molecule is O=C(O)c1ccccc1C(=O)OC1(c2ccccc2)CCCCC1. The number of benzene rings is 2. The Bertz CT molecular complexity index is 730. The quantitative estimate of drug-likeness (QED) is 0.847. The number of rotatable bonds is 4. The second-order valence-electron chi connectivity index (χ2n) is 6.16. The van der Waals surface area contributed by atoms with Crippen molar-refractivity contribution in [1.29, 1.82) is 0 Å². The van der Waals surface area contributed by atoms with E-state index in [0.29, 0.717) is 0 Å². The minimum absolute atomic E-state index is 0.0264. The lowest BCUT2D eigenvalue weighted by Gasteiger charge is -2.37. The fourth-order valence-corrected chi connectivity index (χ4v) is 3.39. The third-order valence-corrected chi connectivity index (χ3v) is 4.63. The van der Waals surface area contributed by atoms with Crippen LogP contribution in [0, 0.1) is 0 Å². The summed E-state index contributed by atoms with van der Waals surface area (Å²) in [7, 11) is 0. The van der Waals surface area contributed by atoms with Gasteiger partial charge in [0.2, 0.25) is 0 Å². The molecular formula is C20H20O4. The minimum Gasteiger partial charge on any atom is -0.478 e. The lowest BCUT2D eigenvalue weighted by molar-refractivity contribution is -0.0418. The lowest BCUT2D eigenvalue weighted by Crippen LogP contribution is -2.35. The van der Waals surface area contributed by atoms with Gasteiger partial charge in [-0.25, -0.2) is 9.59 Å². The van der Waals surface area contributed by atoms with Crippen LogP contribution in [0.15, 0.2) is 54.6 Å². The maximum Gasteiger partial charge on any atom is 0.339 e. The molecule has 0 spiro atoms. The number of hydrogen-bond donors (Lipinski definition) is 1. The average molecular weight is 324 g/mol. The van der Waals surface area contributed by atoms with Crippen molar-refractivity contribution in [3.05, 3.63) is 71.3 Å². The van der Waals surface area contributed by atoms with Crippen LogP contribution in [0.3, 0.4) is 0 Å². The van der Waals surface area contributed by atoms with Crippen LogP contribution in [-0.4, -0.2) is 17.0 Å². The first-order valence-corrected chi connectivity index (χ1v) is 8.24. The Kier molecular flexibility index (Phi) is 4.65. The first-order chi connectivity index (χ1) is 11.6. The summed E-state index contributed by atoms with van der Waals surface area (Å²) >= 11 is 0. The van der Waals surface area contributed by atoms with Gasteiger partial charge in [-0.05, 0) is 43.4 Å². The second-order valence-corrected chi connectivity index (χ2v) is 6.16. The van der Waals surface area contributed by atoms with Crippen molar-refractivity contribution in [3.8, 4) is 0 Å². The Hall–Kier alpha value is -2.62. The summed E-state index contributed by atoms with van der Waals surface area (Å²) in [4.78, 5) is 24.1. The third kappa shape index (κ3) is 3.18. The van der Waals surface area contributed by atoms with Crippen molar-refractivity contribution in [3.63, 3.8) is 0 Å². The maximum absolute atomic E-state index is 12.7. The third-order valence-electron chi connectivity index (χ3n) is 4.63. The van der Waals surface area contributed by atoms with Crippen molar-refractivity contribution >= 4 is 11.9 Å². The topological polar surface area (TPSA) is 63.6 Å². The van der Waals surface area contributed by atoms with E-state index in [1.807, 2.05) is 30.3 Å². The van der Waals surface area contributed by atoms with Gasteiger partial charge in [-0.3, -0.25) is 0 Å². The molecule has 1 fully saturated rings. The van der Waals surface area contributed by atoms with Gasteiger partial charge < -0.3 is 9.84 Å². The Morgan fingerprint density at radius 2 is 1.42 bits per heavy atom. The number of hydrogen-bond acceptors (Lipinski definition) is 3. The first kappa shape index (κ1) is 16.2. The predicted octanol–water partition coefficient (Wildman–Crippen LogP) is 4.40. The zero-order valence-corrected chi connectivity index (χ0v) is 13.4. The Balaban J connectivity index is 1.94. The van der Waals surface area contributed by atoms with Gasteiger partial charge in [0.25, 0.3) is 0 Å². The molecule has 124 valence electrons. The molecule has 0 aliphatic heterocycles. The van der Waals surface area contributed by atoms with E-state index in [1.165, 1.54) is 12.1 Å². The molecule has 0 heterocycles. The van der Waals surface area contributed by atoms with Gasteiger partial charge in [-0.1, -0.05) is 48.9 Å². The van der Waals surface area contributed by atoms with Crippen molar-refractivity contribution in [2.24, 2.45) is 0 Å². The number of carbonyl (C=O) groups excluding carboxylic acids is 1. The van der Waals surface area contributed by atoms with Gasteiger partial charge in [0.1, 0.15) is 5.60 Å². The smallest absolute Gasteiger partial charge is 0.339 e. The molecule has 1 saturated carbocycles. The first-order valence-electron chi connectivity index (χ1n) is 8.24. The highest BCUT2D eigenvalue weighted by Crippen LogP contribution is 2.41. The molecule has 0 unspecified atom stereocenters. The Labute approximate surface area is 141 Å². The van der Waals surface area contributed by atoms with Crippen LogP contribution in [0.1, 0.15) is 58.4 Å². The average Bonchev–Trinajstić information content (AvgIpc) is 2.63. The summed E-state index contributed by atoms with van der Waals surface area (Å²) < 4.78 is 5.94. The van der Waals surface area contributed by atoms with Gasteiger partial charge in [-0.2, -0.15) is 0 Å². The second kappa shape index (κ2) is 6.87. The van der Waals surface area contributed by atoms with E-state index < -0.39 is 17.5 Å². The molecule has 0 bridgehead atoms. The fourth-order valence-electron chi connectivity index (χ4n) is 3.39. The molecule has 1 aliphatic rings. The molecule has 1 N–H and O–H groups in total. The Morgan fingerprint density at radius 3 is 2.04 bits per heavy atom. The number of ether oxygens (including phenoxy) is 1. The van der Waals surface area contributed by atoms with Gasteiger partial charge in [0.05, 0.1) is 11.1 Å². The molecule has 2 aromatic carbocycles. The Morgan fingerprint density at radius 1 is 0.833 bits per heavy atom. The number of carboxylic acid groups (broad SMARTS) is 1. The van der Waals surface area contributed by atoms with Crippen LogP contribution in [0.4, 0.5) is 0 Å². The van der Waals surface area contributed by atoms with Crippen molar-refractivity contribution < 1.29 is 19.4 Å².